The number of pyridine rings is 1. The lowest BCUT2D eigenvalue weighted by atomic mass is 10.2. The highest BCUT2D eigenvalue weighted by Gasteiger charge is 2.34. The van der Waals surface area contributed by atoms with Gasteiger partial charge in [-0.1, -0.05) is 0 Å². The van der Waals surface area contributed by atoms with E-state index in [1.54, 1.807) is 28.9 Å². The van der Waals surface area contributed by atoms with E-state index < -0.39 is 10.0 Å². The van der Waals surface area contributed by atoms with Gasteiger partial charge in [0.05, 0.1) is 0 Å². The predicted octanol–water partition coefficient (Wildman–Crippen LogP) is 1.13. The van der Waals surface area contributed by atoms with Crippen molar-refractivity contribution in [3.8, 4) is 0 Å². The molecule has 0 spiro atoms. The third kappa shape index (κ3) is 3.34. The van der Waals surface area contributed by atoms with Crippen molar-refractivity contribution < 1.29 is 13.2 Å². The second-order valence-electron chi connectivity index (χ2n) is 5.90. The molecule has 1 aliphatic rings. The van der Waals surface area contributed by atoms with Crippen molar-refractivity contribution in [1.82, 2.24) is 19.2 Å². The maximum Gasteiger partial charge on any atom is 0.271 e. The molecule has 8 heteroatoms. The summed E-state index contributed by atoms with van der Waals surface area (Å²) in [5.74, 6) is -0.158. The molecule has 1 aliphatic carbocycles. The molecular weight excluding hydrogens is 328 g/mol. The molecule has 128 valence electrons. The third-order valence-electron chi connectivity index (χ3n) is 4.13. The highest BCUT2D eigenvalue weighted by atomic mass is 32.2. The van der Waals surface area contributed by atoms with Gasteiger partial charge in [-0.2, -0.15) is 0 Å². The van der Waals surface area contributed by atoms with E-state index in [9.17, 15) is 13.2 Å². The maximum atomic E-state index is 13.0. The van der Waals surface area contributed by atoms with Crippen molar-refractivity contribution in [2.75, 3.05) is 7.05 Å². The monoisotopic (exact) mass is 348 g/mol. The van der Waals surface area contributed by atoms with E-state index in [2.05, 4.69) is 9.71 Å². The average molecular weight is 348 g/mol. The Bertz CT molecular complexity index is 841. The fourth-order valence-electron chi connectivity index (χ4n) is 2.60. The minimum absolute atomic E-state index is 0.0931. The van der Waals surface area contributed by atoms with Crippen LogP contribution in [0.3, 0.4) is 0 Å². The van der Waals surface area contributed by atoms with Crippen LogP contribution in [0.15, 0.2) is 41.7 Å². The number of hydrogen-bond donors (Lipinski definition) is 1. The Hall–Kier alpha value is -2.19. The Labute approximate surface area is 141 Å². The van der Waals surface area contributed by atoms with E-state index in [1.807, 2.05) is 12.1 Å². The van der Waals surface area contributed by atoms with E-state index in [0.29, 0.717) is 12.2 Å². The number of amides is 1. The molecule has 1 saturated carbocycles. The molecule has 0 atom stereocenters. The van der Waals surface area contributed by atoms with Gasteiger partial charge in [0.1, 0.15) is 10.6 Å². The highest BCUT2D eigenvalue weighted by Crippen LogP contribution is 2.30. The molecule has 24 heavy (non-hydrogen) atoms. The van der Waals surface area contributed by atoms with E-state index in [-0.39, 0.29) is 16.8 Å². The molecule has 3 rings (SSSR count). The minimum atomic E-state index is -3.57. The van der Waals surface area contributed by atoms with Gasteiger partial charge in [-0.15, -0.1) is 0 Å². The van der Waals surface area contributed by atoms with Crippen LogP contribution in [-0.2, 0) is 23.6 Å². The van der Waals surface area contributed by atoms with Gasteiger partial charge in [-0.25, -0.2) is 13.1 Å². The lowest BCUT2D eigenvalue weighted by Gasteiger charge is -2.22. The van der Waals surface area contributed by atoms with E-state index in [4.69, 9.17) is 0 Å². The largest absolute Gasteiger partial charge is 0.345 e. The average Bonchev–Trinajstić information content (AvgIpc) is 3.34. The highest BCUT2D eigenvalue weighted by molar-refractivity contribution is 7.89. The van der Waals surface area contributed by atoms with E-state index >= 15 is 0 Å². The summed E-state index contributed by atoms with van der Waals surface area (Å²) in [7, 11) is -0.541. The van der Waals surface area contributed by atoms with E-state index in [1.165, 1.54) is 19.3 Å². The molecule has 0 bridgehead atoms. The van der Waals surface area contributed by atoms with Gasteiger partial charge in [-0.3, -0.25) is 9.78 Å². The predicted molar refractivity (Wildman–Crippen MR) is 88.8 cm³/mol. The summed E-state index contributed by atoms with van der Waals surface area (Å²) in [6.45, 7) is 0.491. The van der Waals surface area contributed by atoms with Gasteiger partial charge in [0, 0.05) is 38.2 Å². The third-order valence-corrected chi connectivity index (χ3v) is 5.51. The number of aromatic nitrogens is 2. The van der Waals surface area contributed by atoms with Crippen molar-refractivity contribution in [1.29, 1.82) is 0 Å². The molecule has 7 nitrogen and oxygen atoms in total. The topological polar surface area (TPSA) is 84.3 Å². The van der Waals surface area contributed by atoms with Crippen LogP contribution in [0.1, 0.15) is 28.9 Å². The summed E-state index contributed by atoms with van der Waals surface area (Å²) < 4.78 is 27.7. The molecule has 2 aromatic rings. The first-order valence-electron chi connectivity index (χ1n) is 7.72. The van der Waals surface area contributed by atoms with Gasteiger partial charge < -0.3 is 9.47 Å². The summed E-state index contributed by atoms with van der Waals surface area (Å²) in [4.78, 5) is 18.8. The lowest BCUT2D eigenvalue weighted by molar-refractivity contribution is 0.0720. The zero-order chi connectivity index (χ0) is 17.3. The number of hydrogen-bond acceptors (Lipinski definition) is 4. The molecule has 1 N–H and O–H groups in total. The number of carbonyl (C=O) groups is 1. The van der Waals surface area contributed by atoms with Crippen LogP contribution in [0.4, 0.5) is 0 Å². The van der Waals surface area contributed by atoms with Crippen molar-refractivity contribution in [2.45, 2.75) is 30.3 Å². The van der Waals surface area contributed by atoms with Crippen molar-refractivity contribution >= 4 is 15.9 Å². The van der Waals surface area contributed by atoms with Gasteiger partial charge >= 0.3 is 0 Å². The Balaban J connectivity index is 1.89. The van der Waals surface area contributed by atoms with Crippen LogP contribution >= 0.6 is 0 Å². The number of nitrogens with one attached hydrogen (secondary N) is 1. The number of rotatable bonds is 6. The fourth-order valence-corrected chi connectivity index (χ4v) is 3.40. The Morgan fingerprint density at radius 2 is 2.04 bits per heavy atom. The van der Waals surface area contributed by atoms with Crippen molar-refractivity contribution in [2.24, 2.45) is 7.05 Å². The van der Waals surface area contributed by atoms with Crippen LogP contribution in [0.2, 0.25) is 0 Å². The van der Waals surface area contributed by atoms with Crippen LogP contribution in [0.5, 0.6) is 0 Å². The smallest absolute Gasteiger partial charge is 0.271 e. The van der Waals surface area contributed by atoms with Gasteiger partial charge in [0.15, 0.2) is 0 Å². The Morgan fingerprint density at radius 1 is 1.38 bits per heavy atom. The van der Waals surface area contributed by atoms with Crippen LogP contribution in [-0.4, -0.2) is 41.9 Å². The molecule has 0 unspecified atom stereocenters. The molecule has 0 aromatic carbocycles. The first-order chi connectivity index (χ1) is 11.4. The molecule has 0 radical (unpaired) electrons. The van der Waals surface area contributed by atoms with Crippen molar-refractivity contribution in [3.63, 3.8) is 0 Å². The molecule has 2 heterocycles. The second kappa shape index (κ2) is 6.37. The normalized spacial score (nSPS) is 14.6. The lowest BCUT2D eigenvalue weighted by Crippen LogP contribution is -2.33. The quantitative estimate of drug-likeness (QED) is 0.848. The maximum absolute atomic E-state index is 13.0. The van der Waals surface area contributed by atoms with Crippen LogP contribution < -0.4 is 4.72 Å². The molecule has 0 saturated heterocycles. The SMILES string of the molecule is CNS(=O)(=O)c1cc(C(=O)N(Cc2ccncc2)C2CC2)n(C)c1. The van der Waals surface area contributed by atoms with Gasteiger partial charge in [0.2, 0.25) is 10.0 Å². The van der Waals surface area contributed by atoms with Crippen molar-refractivity contribution in [3.05, 3.63) is 48.0 Å². The second-order valence-corrected chi connectivity index (χ2v) is 7.79. The van der Waals surface area contributed by atoms with Crippen LogP contribution in [0.25, 0.3) is 0 Å². The molecule has 2 aromatic heterocycles. The number of aryl methyl sites for hydroxylation is 1. The van der Waals surface area contributed by atoms with Gasteiger partial charge in [-0.05, 0) is 43.7 Å². The van der Waals surface area contributed by atoms with Crippen LogP contribution in [0, 0.1) is 0 Å². The number of sulfonamides is 1. The van der Waals surface area contributed by atoms with Gasteiger partial charge in [0.25, 0.3) is 5.91 Å². The molecule has 1 amide bonds. The summed E-state index contributed by atoms with van der Waals surface area (Å²) in [5, 5.41) is 0. The summed E-state index contributed by atoms with van der Waals surface area (Å²) in [6, 6.07) is 5.40. The summed E-state index contributed by atoms with van der Waals surface area (Å²) in [6.07, 6.45) is 6.80. The minimum Gasteiger partial charge on any atom is -0.345 e. The molecule has 0 aliphatic heterocycles. The first kappa shape index (κ1) is 16.7. The number of nitrogens with zero attached hydrogens (tertiary/aromatic N) is 3. The summed E-state index contributed by atoms with van der Waals surface area (Å²) >= 11 is 0. The summed E-state index contributed by atoms with van der Waals surface area (Å²) in [5.41, 5.74) is 1.37. The zero-order valence-corrected chi connectivity index (χ0v) is 14.5. The number of carbonyl (C=O) groups excluding carboxylic acids is 1. The molecule has 1 fully saturated rings. The van der Waals surface area contributed by atoms with E-state index in [0.717, 1.165) is 18.4 Å². The standard InChI is InChI=1S/C16H20N4O3S/c1-17-24(22,23)14-9-15(19(2)11-14)16(21)20(13-3-4-13)10-12-5-7-18-8-6-12/h5-9,11,13,17H,3-4,10H2,1-2H3. The Kier molecular flexibility index (Phi) is 4.42. The Morgan fingerprint density at radius 3 is 2.62 bits per heavy atom. The fraction of sp³-hybridized carbons (Fsp3) is 0.375. The first-order valence-corrected chi connectivity index (χ1v) is 9.20. The molecular formula is C16H20N4O3S. The zero-order valence-electron chi connectivity index (χ0n) is 13.6.